The van der Waals surface area contributed by atoms with Crippen LogP contribution in [0.3, 0.4) is 0 Å². The number of likely N-dealkylation sites (tertiary alicyclic amines) is 1. The number of nitrogens with one attached hydrogen (secondary N) is 1. The average Bonchev–Trinajstić information content (AvgIpc) is 2.81. The second kappa shape index (κ2) is 6.31. The number of nitrogens with zero attached hydrogens (tertiary/aromatic N) is 2. The molecule has 0 aliphatic carbocycles. The van der Waals surface area contributed by atoms with Gasteiger partial charge in [-0.05, 0) is 45.8 Å². The Balaban J connectivity index is 2.04. The first-order valence-electron chi connectivity index (χ1n) is 7.51. The van der Waals surface area contributed by atoms with Crippen molar-refractivity contribution in [3.8, 4) is 0 Å². The van der Waals surface area contributed by atoms with Gasteiger partial charge in [-0.3, -0.25) is 4.79 Å². The molecule has 1 aromatic rings. The molecule has 0 spiro atoms. The van der Waals surface area contributed by atoms with Gasteiger partial charge in [0.25, 0.3) is 5.91 Å². The third-order valence-electron chi connectivity index (χ3n) is 3.95. The smallest absolute Gasteiger partial charge is 0.268 e. The number of rotatable bonds is 4. The van der Waals surface area contributed by atoms with Gasteiger partial charge >= 0.3 is 0 Å². The van der Waals surface area contributed by atoms with Gasteiger partial charge in [0.2, 0.25) is 0 Å². The van der Waals surface area contributed by atoms with Crippen molar-refractivity contribution in [2.45, 2.75) is 45.7 Å². The summed E-state index contributed by atoms with van der Waals surface area (Å²) in [5.41, 5.74) is 7.12. The first-order valence-corrected chi connectivity index (χ1v) is 7.51. The molecule has 5 heteroatoms. The van der Waals surface area contributed by atoms with Crippen molar-refractivity contribution in [2.24, 2.45) is 0 Å². The van der Waals surface area contributed by atoms with Gasteiger partial charge in [0, 0.05) is 24.8 Å². The molecule has 0 bridgehead atoms. The van der Waals surface area contributed by atoms with Crippen molar-refractivity contribution >= 4 is 11.6 Å². The lowest BCUT2D eigenvalue weighted by Crippen LogP contribution is -2.47. The number of anilines is 1. The lowest BCUT2D eigenvalue weighted by Gasteiger charge is -2.32. The minimum absolute atomic E-state index is 0.0154. The fraction of sp³-hybridized carbons (Fsp3) is 0.667. The van der Waals surface area contributed by atoms with Gasteiger partial charge in [0.1, 0.15) is 5.69 Å². The predicted molar refractivity (Wildman–Crippen MR) is 81.8 cm³/mol. The van der Waals surface area contributed by atoms with E-state index in [-0.39, 0.29) is 18.0 Å². The van der Waals surface area contributed by atoms with Crippen LogP contribution in [0.4, 0.5) is 5.69 Å². The second-order valence-corrected chi connectivity index (χ2v) is 5.87. The average molecular weight is 278 g/mol. The number of hydrogen-bond donors (Lipinski definition) is 2. The molecular weight excluding hydrogens is 252 g/mol. The molecule has 1 unspecified atom stereocenters. The molecule has 1 saturated heterocycles. The van der Waals surface area contributed by atoms with Crippen LogP contribution in [0.25, 0.3) is 0 Å². The number of hydrogen-bond acceptors (Lipinski definition) is 3. The zero-order chi connectivity index (χ0) is 14.7. The monoisotopic (exact) mass is 278 g/mol. The molecule has 0 aromatic carbocycles. The van der Waals surface area contributed by atoms with Crippen LogP contribution in [0.15, 0.2) is 12.3 Å². The summed E-state index contributed by atoms with van der Waals surface area (Å²) in [5.74, 6) is -0.0154. The highest BCUT2D eigenvalue weighted by atomic mass is 16.2. The molecule has 1 aromatic heterocycles. The molecule has 0 saturated carbocycles. The lowest BCUT2D eigenvalue weighted by molar-refractivity contribution is 0.0895. The van der Waals surface area contributed by atoms with Gasteiger partial charge in [-0.15, -0.1) is 0 Å². The van der Waals surface area contributed by atoms with Gasteiger partial charge < -0.3 is 20.5 Å². The van der Waals surface area contributed by atoms with Crippen LogP contribution in [-0.4, -0.2) is 41.1 Å². The highest BCUT2D eigenvalue weighted by Crippen LogP contribution is 2.17. The fourth-order valence-corrected chi connectivity index (χ4v) is 2.83. The summed E-state index contributed by atoms with van der Waals surface area (Å²) in [7, 11) is 0. The molecule has 1 aliphatic rings. The summed E-state index contributed by atoms with van der Waals surface area (Å²) in [6.45, 7) is 9.39. The SMILES string of the molecule is CCN1CCCC(NC(=O)c2cc(N)cn2C(C)C)C1. The number of aromatic nitrogens is 1. The Morgan fingerprint density at radius 3 is 2.95 bits per heavy atom. The van der Waals surface area contributed by atoms with Crippen LogP contribution < -0.4 is 11.1 Å². The standard InChI is InChI=1S/C15H26N4O/c1-4-18-7-5-6-13(10-18)17-15(20)14-8-12(16)9-19(14)11(2)3/h8-9,11,13H,4-7,10,16H2,1-3H3,(H,17,20). The Labute approximate surface area is 121 Å². The number of carbonyl (C=O) groups is 1. The zero-order valence-corrected chi connectivity index (χ0v) is 12.7. The number of nitrogens with two attached hydrogens (primary N) is 1. The summed E-state index contributed by atoms with van der Waals surface area (Å²) >= 11 is 0. The van der Waals surface area contributed by atoms with Gasteiger partial charge in [-0.1, -0.05) is 6.92 Å². The normalized spacial score (nSPS) is 20.3. The molecular formula is C15H26N4O. The second-order valence-electron chi connectivity index (χ2n) is 5.87. The van der Waals surface area contributed by atoms with Crippen molar-refractivity contribution in [3.63, 3.8) is 0 Å². The number of carbonyl (C=O) groups excluding carboxylic acids is 1. The fourth-order valence-electron chi connectivity index (χ4n) is 2.83. The third kappa shape index (κ3) is 3.33. The van der Waals surface area contributed by atoms with E-state index in [1.54, 1.807) is 6.07 Å². The minimum atomic E-state index is -0.0154. The maximum absolute atomic E-state index is 12.4. The molecule has 2 rings (SSSR count). The molecule has 3 N–H and O–H groups in total. The molecule has 0 radical (unpaired) electrons. The van der Waals surface area contributed by atoms with E-state index in [9.17, 15) is 4.79 Å². The largest absolute Gasteiger partial charge is 0.397 e. The maximum Gasteiger partial charge on any atom is 0.268 e. The van der Waals surface area contributed by atoms with Gasteiger partial charge in [-0.25, -0.2) is 0 Å². The topological polar surface area (TPSA) is 63.3 Å². The van der Waals surface area contributed by atoms with Crippen LogP contribution in [0.1, 0.15) is 50.1 Å². The zero-order valence-electron chi connectivity index (χ0n) is 12.7. The minimum Gasteiger partial charge on any atom is -0.397 e. The van der Waals surface area contributed by atoms with E-state index in [2.05, 4.69) is 31.0 Å². The van der Waals surface area contributed by atoms with Crippen LogP contribution in [-0.2, 0) is 0 Å². The van der Waals surface area contributed by atoms with Gasteiger partial charge in [-0.2, -0.15) is 0 Å². The lowest BCUT2D eigenvalue weighted by atomic mass is 10.1. The molecule has 5 nitrogen and oxygen atoms in total. The Bertz CT molecular complexity index is 466. The van der Waals surface area contributed by atoms with E-state index in [1.807, 2.05) is 10.8 Å². The Morgan fingerprint density at radius 2 is 2.30 bits per heavy atom. The van der Waals surface area contributed by atoms with E-state index in [4.69, 9.17) is 5.73 Å². The summed E-state index contributed by atoms with van der Waals surface area (Å²) in [6, 6.07) is 2.23. The van der Waals surface area contributed by atoms with Crippen molar-refractivity contribution in [3.05, 3.63) is 18.0 Å². The molecule has 1 aliphatic heterocycles. The summed E-state index contributed by atoms with van der Waals surface area (Å²) in [5, 5.41) is 3.15. The van der Waals surface area contributed by atoms with E-state index < -0.39 is 0 Å². The number of likely N-dealkylation sites (N-methyl/N-ethyl adjacent to an activating group) is 1. The number of piperidine rings is 1. The summed E-state index contributed by atoms with van der Waals surface area (Å²) in [6.07, 6.45) is 4.03. The van der Waals surface area contributed by atoms with Crippen molar-refractivity contribution in [1.82, 2.24) is 14.8 Å². The van der Waals surface area contributed by atoms with Crippen LogP contribution in [0, 0.1) is 0 Å². The van der Waals surface area contributed by atoms with Crippen LogP contribution in [0.2, 0.25) is 0 Å². The van der Waals surface area contributed by atoms with E-state index in [0.29, 0.717) is 11.4 Å². The first kappa shape index (κ1) is 14.9. The first-order chi connectivity index (χ1) is 9.51. The number of nitrogen functional groups attached to an aromatic ring is 1. The van der Waals surface area contributed by atoms with Crippen molar-refractivity contribution < 1.29 is 4.79 Å². The van der Waals surface area contributed by atoms with Gasteiger partial charge in [0.15, 0.2) is 0 Å². The quantitative estimate of drug-likeness (QED) is 0.883. The van der Waals surface area contributed by atoms with E-state index in [0.717, 1.165) is 32.5 Å². The van der Waals surface area contributed by atoms with E-state index in [1.165, 1.54) is 0 Å². The summed E-state index contributed by atoms with van der Waals surface area (Å²) in [4.78, 5) is 14.8. The van der Waals surface area contributed by atoms with Crippen LogP contribution >= 0.6 is 0 Å². The number of amides is 1. The Morgan fingerprint density at radius 1 is 1.55 bits per heavy atom. The molecule has 20 heavy (non-hydrogen) atoms. The molecule has 2 heterocycles. The third-order valence-corrected chi connectivity index (χ3v) is 3.95. The Hall–Kier alpha value is -1.49. The highest BCUT2D eigenvalue weighted by molar-refractivity contribution is 5.94. The van der Waals surface area contributed by atoms with Crippen molar-refractivity contribution in [1.29, 1.82) is 0 Å². The molecule has 1 fully saturated rings. The Kier molecular flexibility index (Phi) is 4.70. The van der Waals surface area contributed by atoms with Crippen molar-refractivity contribution in [2.75, 3.05) is 25.4 Å². The van der Waals surface area contributed by atoms with Gasteiger partial charge in [0.05, 0.1) is 5.69 Å². The van der Waals surface area contributed by atoms with Crippen LogP contribution in [0.5, 0.6) is 0 Å². The predicted octanol–water partition coefficient (Wildman–Crippen LogP) is 1.87. The molecule has 1 atom stereocenters. The summed E-state index contributed by atoms with van der Waals surface area (Å²) < 4.78 is 1.94. The molecule has 112 valence electrons. The molecule has 1 amide bonds. The van der Waals surface area contributed by atoms with E-state index >= 15 is 0 Å². The highest BCUT2D eigenvalue weighted by Gasteiger charge is 2.22. The maximum atomic E-state index is 12.4.